The Morgan fingerprint density at radius 2 is 2.36 bits per heavy atom. The lowest BCUT2D eigenvalue weighted by atomic mass is 10.2. The molecule has 1 rings (SSSR count). The summed E-state index contributed by atoms with van der Waals surface area (Å²) in [6.07, 6.45) is 0.876. The van der Waals surface area contributed by atoms with E-state index in [4.69, 9.17) is 10.2 Å². The molecule has 2 unspecified atom stereocenters. The fourth-order valence-corrected chi connectivity index (χ4v) is 1.50. The van der Waals surface area contributed by atoms with E-state index in [0.29, 0.717) is 13.0 Å². The molecule has 2 atom stereocenters. The van der Waals surface area contributed by atoms with E-state index in [9.17, 15) is 4.79 Å². The van der Waals surface area contributed by atoms with Crippen molar-refractivity contribution >= 4 is 5.97 Å². The number of carboxylic acids is 1. The van der Waals surface area contributed by atoms with Crippen molar-refractivity contribution in [3.8, 4) is 0 Å². The lowest BCUT2D eigenvalue weighted by Crippen LogP contribution is -2.41. The van der Waals surface area contributed by atoms with Crippen molar-refractivity contribution in [2.75, 3.05) is 6.54 Å². The van der Waals surface area contributed by atoms with Crippen molar-refractivity contribution in [3.05, 3.63) is 0 Å². The monoisotopic (exact) mass is 159 g/mol. The summed E-state index contributed by atoms with van der Waals surface area (Å²) >= 11 is 0. The highest BCUT2D eigenvalue weighted by Crippen LogP contribution is 2.18. The number of aliphatic carboxylic acids is 1. The van der Waals surface area contributed by atoms with E-state index < -0.39 is 18.2 Å². The van der Waals surface area contributed by atoms with Crippen LogP contribution < -0.4 is 0 Å². The number of hydrogen-bond acceptors (Lipinski definition) is 3. The van der Waals surface area contributed by atoms with Gasteiger partial charge in [0.15, 0.2) is 0 Å². The normalized spacial score (nSPS) is 28.7. The first-order chi connectivity index (χ1) is 5.13. The maximum atomic E-state index is 10.6. The summed E-state index contributed by atoms with van der Waals surface area (Å²) in [5.41, 5.74) is 0. The number of rotatable bonds is 2. The fourth-order valence-electron chi connectivity index (χ4n) is 1.50. The van der Waals surface area contributed by atoms with E-state index in [1.807, 2.05) is 0 Å². The van der Waals surface area contributed by atoms with Crippen molar-refractivity contribution in [1.82, 2.24) is 4.90 Å². The minimum absolute atomic E-state index is 0.477. The van der Waals surface area contributed by atoms with Gasteiger partial charge in [-0.15, -0.1) is 0 Å². The highest BCUT2D eigenvalue weighted by molar-refractivity contribution is 5.73. The van der Waals surface area contributed by atoms with E-state index in [1.54, 1.807) is 11.8 Å². The van der Waals surface area contributed by atoms with Gasteiger partial charge in [-0.2, -0.15) is 0 Å². The molecular weight excluding hydrogens is 146 g/mol. The average molecular weight is 159 g/mol. The SMILES string of the molecule is CC(O)N1CCCC1C(=O)O. The van der Waals surface area contributed by atoms with E-state index in [2.05, 4.69) is 0 Å². The van der Waals surface area contributed by atoms with Crippen LogP contribution in [0.1, 0.15) is 19.8 Å². The minimum Gasteiger partial charge on any atom is -0.480 e. The van der Waals surface area contributed by atoms with Crippen LogP contribution in [-0.2, 0) is 4.79 Å². The Bertz CT molecular complexity index is 158. The molecule has 0 saturated carbocycles. The number of hydrogen-bond donors (Lipinski definition) is 2. The van der Waals surface area contributed by atoms with Crippen LogP contribution in [-0.4, -0.2) is 39.9 Å². The lowest BCUT2D eigenvalue weighted by molar-refractivity contribution is -0.145. The molecule has 0 aromatic carbocycles. The van der Waals surface area contributed by atoms with E-state index in [1.165, 1.54) is 0 Å². The van der Waals surface area contributed by atoms with Crippen LogP contribution in [0.3, 0.4) is 0 Å². The third-order valence-corrected chi connectivity index (χ3v) is 2.06. The van der Waals surface area contributed by atoms with Gasteiger partial charge in [-0.05, 0) is 19.8 Å². The molecule has 0 spiro atoms. The summed E-state index contributed by atoms with van der Waals surface area (Å²) in [7, 11) is 0. The Hall–Kier alpha value is -0.610. The van der Waals surface area contributed by atoms with Gasteiger partial charge in [-0.25, -0.2) is 0 Å². The number of aliphatic hydroxyl groups is 1. The summed E-state index contributed by atoms with van der Waals surface area (Å²) < 4.78 is 0. The van der Waals surface area contributed by atoms with Crippen LogP contribution >= 0.6 is 0 Å². The van der Waals surface area contributed by atoms with Crippen LogP contribution in [0.5, 0.6) is 0 Å². The summed E-state index contributed by atoms with van der Waals surface area (Å²) in [4.78, 5) is 12.2. The highest BCUT2D eigenvalue weighted by atomic mass is 16.4. The standard InChI is InChI=1S/C7H13NO3/c1-5(9)8-4-2-3-6(8)7(10)11/h5-6,9H,2-4H2,1H3,(H,10,11). The highest BCUT2D eigenvalue weighted by Gasteiger charge is 2.32. The van der Waals surface area contributed by atoms with E-state index in [-0.39, 0.29) is 0 Å². The number of likely N-dealkylation sites (tertiary alicyclic amines) is 1. The summed E-state index contributed by atoms with van der Waals surface area (Å²) in [5, 5.41) is 17.8. The van der Waals surface area contributed by atoms with Crippen molar-refractivity contribution in [3.63, 3.8) is 0 Å². The first-order valence-corrected chi connectivity index (χ1v) is 3.79. The second kappa shape index (κ2) is 3.19. The average Bonchev–Trinajstić information content (AvgIpc) is 2.32. The first-order valence-electron chi connectivity index (χ1n) is 3.79. The Morgan fingerprint density at radius 3 is 2.73 bits per heavy atom. The zero-order valence-corrected chi connectivity index (χ0v) is 6.53. The predicted molar refractivity (Wildman–Crippen MR) is 39.0 cm³/mol. The van der Waals surface area contributed by atoms with Gasteiger partial charge in [0.1, 0.15) is 12.3 Å². The molecule has 1 aliphatic rings. The third-order valence-electron chi connectivity index (χ3n) is 2.06. The minimum atomic E-state index is -0.830. The molecule has 1 aliphatic heterocycles. The van der Waals surface area contributed by atoms with Crippen molar-refractivity contribution in [1.29, 1.82) is 0 Å². The molecular formula is C7H13NO3. The Labute approximate surface area is 65.4 Å². The Kier molecular flexibility index (Phi) is 2.46. The quantitative estimate of drug-likeness (QED) is 0.589. The van der Waals surface area contributed by atoms with Gasteiger partial charge < -0.3 is 10.2 Å². The van der Waals surface area contributed by atoms with Crippen LogP contribution in [0.4, 0.5) is 0 Å². The third kappa shape index (κ3) is 1.70. The van der Waals surface area contributed by atoms with Gasteiger partial charge in [0.25, 0.3) is 0 Å². The second-order valence-corrected chi connectivity index (χ2v) is 2.87. The summed E-state index contributed by atoms with van der Waals surface area (Å²) in [6.45, 7) is 2.29. The number of carboxylic acid groups (broad SMARTS) is 1. The fraction of sp³-hybridized carbons (Fsp3) is 0.857. The van der Waals surface area contributed by atoms with Crippen LogP contribution in [0.25, 0.3) is 0 Å². The molecule has 64 valence electrons. The van der Waals surface area contributed by atoms with Gasteiger partial charge in [-0.1, -0.05) is 0 Å². The summed E-state index contributed by atoms with van der Waals surface area (Å²) in [6, 6.07) is -0.477. The molecule has 1 saturated heterocycles. The second-order valence-electron chi connectivity index (χ2n) is 2.87. The zero-order chi connectivity index (χ0) is 8.43. The van der Waals surface area contributed by atoms with Crippen LogP contribution in [0, 0.1) is 0 Å². The van der Waals surface area contributed by atoms with Gasteiger partial charge in [-0.3, -0.25) is 9.69 Å². The van der Waals surface area contributed by atoms with E-state index >= 15 is 0 Å². The maximum Gasteiger partial charge on any atom is 0.320 e. The lowest BCUT2D eigenvalue weighted by Gasteiger charge is -2.23. The molecule has 0 radical (unpaired) electrons. The molecule has 0 aliphatic carbocycles. The molecule has 0 amide bonds. The zero-order valence-electron chi connectivity index (χ0n) is 6.53. The number of carbonyl (C=O) groups is 1. The number of nitrogens with zero attached hydrogens (tertiary/aromatic N) is 1. The predicted octanol–water partition coefficient (Wildman–Crippen LogP) is -0.126. The van der Waals surface area contributed by atoms with Gasteiger partial charge in [0, 0.05) is 6.54 Å². The van der Waals surface area contributed by atoms with Gasteiger partial charge >= 0.3 is 5.97 Å². The molecule has 11 heavy (non-hydrogen) atoms. The topological polar surface area (TPSA) is 60.8 Å². The molecule has 4 heteroatoms. The molecule has 0 aromatic rings. The largest absolute Gasteiger partial charge is 0.480 e. The van der Waals surface area contributed by atoms with E-state index in [0.717, 1.165) is 6.42 Å². The smallest absolute Gasteiger partial charge is 0.320 e. The molecule has 0 aromatic heterocycles. The molecule has 0 bridgehead atoms. The van der Waals surface area contributed by atoms with Gasteiger partial charge in [0.05, 0.1) is 0 Å². The number of aliphatic hydroxyl groups excluding tert-OH is 1. The van der Waals surface area contributed by atoms with Crippen LogP contribution in [0.2, 0.25) is 0 Å². The maximum absolute atomic E-state index is 10.6. The Balaban J connectivity index is 2.58. The van der Waals surface area contributed by atoms with Crippen molar-refractivity contribution in [2.24, 2.45) is 0 Å². The molecule has 4 nitrogen and oxygen atoms in total. The summed E-state index contributed by atoms with van der Waals surface area (Å²) in [5.74, 6) is -0.830. The molecule has 2 N–H and O–H groups in total. The first kappa shape index (κ1) is 8.49. The van der Waals surface area contributed by atoms with Crippen molar-refractivity contribution in [2.45, 2.75) is 32.0 Å². The molecule has 1 heterocycles. The molecule has 1 fully saturated rings. The van der Waals surface area contributed by atoms with Crippen molar-refractivity contribution < 1.29 is 15.0 Å². The Morgan fingerprint density at radius 1 is 1.73 bits per heavy atom. The van der Waals surface area contributed by atoms with Crippen LogP contribution in [0.15, 0.2) is 0 Å². The van der Waals surface area contributed by atoms with Gasteiger partial charge in [0.2, 0.25) is 0 Å².